The lowest BCUT2D eigenvalue weighted by atomic mass is 10.2. The van der Waals surface area contributed by atoms with Crippen LogP contribution in [0.25, 0.3) is 11.0 Å². The van der Waals surface area contributed by atoms with Crippen molar-refractivity contribution in [1.82, 2.24) is 5.32 Å². The van der Waals surface area contributed by atoms with Crippen LogP contribution in [-0.2, 0) is 9.53 Å². The summed E-state index contributed by atoms with van der Waals surface area (Å²) in [7, 11) is 1.37. The quantitative estimate of drug-likeness (QED) is 0.648. The molecule has 27 heavy (non-hydrogen) atoms. The number of methoxy groups -OCH3 is 1. The van der Waals surface area contributed by atoms with E-state index >= 15 is 0 Å². The van der Waals surface area contributed by atoms with Crippen molar-refractivity contribution in [2.45, 2.75) is 13.0 Å². The van der Waals surface area contributed by atoms with E-state index in [-0.39, 0.29) is 17.1 Å². The van der Waals surface area contributed by atoms with E-state index in [1.54, 1.807) is 13.0 Å². The van der Waals surface area contributed by atoms with Gasteiger partial charge in [-0.15, -0.1) is 0 Å². The van der Waals surface area contributed by atoms with E-state index in [1.807, 2.05) is 30.3 Å². The Morgan fingerprint density at radius 3 is 2.70 bits per heavy atom. The monoisotopic (exact) mass is 369 g/mol. The molecule has 0 radical (unpaired) electrons. The molecule has 1 atom stereocenters. The number of benzene rings is 2. The number of hydrogen-bond donors (Lipinski definition) is 2. The number of para-hydroxylation sites is 2. The minimum Gasteiger partial charge on any atom is -0.504 e. The Balaban J connectivity index is 1.58. The summed E-state index contributed by atoms with van der Waals surface area (Å²) in [5.74, 6) is -0.897. The van der Waals surface area contributed by atoms with Crippen LogP contribution in [0.1, 0.15) is 29.1 Å². The molecular weight excluding hydrogens is 350 g/mol. The second-order valence-electron chi connectivity index (χ2n) is 5.91. The Hall–Kier alpha value is -3.48. The van der Waals surface area contributed by atoms with Crippen molar-refractivity contribution in [2.24, 2.45) is 0 Å². The first-order valence-corrected chi connectivity index (χ1v) is 8.30. The van der Waals surface area contributed by atoms with Crippen LogP contribution in [0.15, 0.2) is 52.9 Å². The highest BCUT2D eigenvalue weighted by Crippen LogP contribution is 2.29. The van der Waals surface area contributed by atoms with Crippen molar-refractivity contribution >= 4 is 22.8 Å². The number of carbonyl (C=O) groups is 2. The Morgan fingerprint density at radius 1 is 1.19 bits per heavy atom. The summed E-state index contributed by atoms with van der Waals surface area (Å²) in [5, 5.41) is 13.6. The maximum Gasteiger partial charge on any atom is 0.342 e. The maximum atomic E-state index is 12.1. The topological polar surface area (TPSA) is 98.0 Å². The number of carbonyl (C=O) groups excluding carboxylic acids is 2. The molecular formula is C20H19NO6. The molecule has 1 amide bonds. The third kappa shape index (κ3) is 4.03. The lowest BCUT2D eigenvalue weighted by Crippen LogP contribution is -2.31. The number of esters is 1. The molecule has 0 spiro atoms. The molecule has 0 aliphatic carbocycles. The van der Waals surface area contributed by atoms with Gasteiger partial charge in [-0.1, -0.05) is 24.3 Å². The van der Waals surface area contributed by atoms with E-state index < -0.39 is 24.5 Å². The number of aromatic hydroxyl groups is 1. The SMILES string of the molecule is COc1cccc(C(=O)OCC(=O)NC(C)c2cc3ccccc3o2)c1O. The molecule has 3 aromatic rings. The highest BCUT2D eigenvalue weighted by atomic mass is 16.5. The highest BCUT2D eigenvalue weighted by molar-refractivity contribution is 5.94. The fraction of sp³-hybridized carbons (Fsp3) is 0.200. The molecule has 0 aliphatic heterocycles. The predicted octanol–water partition coefficient (Wildman–Crippen LogP) is 3.18. The molecule has 1 heterocycles. The second-order valence-corrected chi connectivity index (χ2v) is 5.91. The van der Waals surface area contributed by atoms with Gasteiger partial charge in [-0.25, -0.2) is 4.79 Å². The number of furan rings is 1. The van der Waals surface area contributed by atoms with Crippen molar-refractivity contribution in [3.63, 3.8) is 0 Å². The number of phenolic OH excluding ortho intramolecular Hbond substituents is 1. The van der Waals surface area contributed by atoms with Gasteiger partial charge in [0, 0.05) is 5.39 Å². The van der Waals surface area contributed by atoms with Gasteiger partial charge in [-0.05, 0) is 31.2 Å². The van der Waals surface area contributed by atoms with Crippen molar-refractivity contribution in [3.05, 3.63) is 59.9 Å². The first kappa shape index (κ1) is 18.3. The van der Waals surface area contributed by atoms with Crippen LogP contribution in [0.3, 0.4) is 0 Å². The van der Waals surface area contributed by atoms with Gasteiger partial charge in [-0.2, -0.15) is 0 Å². The summed E-state index contributed by atoms with van der Waals surface area (Å²) in [5.41, 5.74) is 0.654. The van der Waals surface area contributed by atoms with E-state index in [0.717, 1.165) is 11.0 Å². The van der Waals surface area contributed by atoms with E-state index in [4.69, 9.17) is 13.9 Å². The lowest BCUT2D eigenvalue weighted by Gasteiger charge is -2.12. The zero-order chi connectivity index (χ0) is 19.4. The van der Waals surface area contributed by atoms with Crippen molar-refractivity contribution in [1.29, 1.82) is 0 Å². The summed E-state index contributed by atoms with van der Waals surface area (Å²) in [6.07, 6.45) is 0. The van der Waals surface area contributed by atoms with Gasteiger partial charge >= 0.3 is 5.97 Å². The van der Waals surface area contributed by atoms with Crippen molar-refractivity contribution < 1.29 is 28.6 Å². The number of amides is 1. The number of fused-ring (bicyclic) bond motifs is 1. The Kier molecular flexibility index (Phi) is 5.30. The van der Waals surface area contributed by atoms with Gasteiger partial charge < -0.3 is 24.3 Å². The average Bonchev–Trinajstić information content (AvgIpc) is 3.10. The zero-order valence-corrected chi connectivity index (χ0v) is 14.9. The van der Waals surface area contributed by atoms with Crippen LogP contribution in [0.5, 0.6) is 11.5 Å². The van der Waals surface area contributed by atoms with Crippen LogP contribution in [0.2, 0.25) is 0 Å². The second kappa shape index (κ2) is 7.82. The average molecular weight is 369 g/mol. The number of nitrogens with one attached hydrogen (secondary N) is 1. The van der Waals surface area contributed by atoms with Gasteiger partial charge in [-0.3, -0.25) is 4.79 Å². The third-order valence-corrected chi connectivity index (χ3v) is 4.02. The summed E-state index contributed by atoms with van der Waals surface area (Å²) >= 11 is 0. The summed E-state index contributed by atoms with van der Waals surface area (Å²) in [6.45, 7) is 1.28. The van der Waals surface area contributed by atoms with E-state index in [0.29, 0.717) is 5.76 Å². The zero-order valence-electron chi connectivity index (χ0n) is 14.9. The molecule has 0 saturated heterocycles. The van der Waals surface area contributed by atoms with E-state index in [2.05, 4.69) is 5.32 Å². The fourth-order valence-corrected chi connectivity index (χ4v) is 2.63. The van der Waals surface area contributed by atoms with Gasteiger partial charge in [0.05, 0.1) is 13.2 Å². The minimum absolute atomic E-state index is 0.0764. The normalized spacial score (nSPS) is 11.8. The summed E-state index contributed by atoms with van der Waals surface area (Å²) < 4.78 is 15.6. The molecule has 0 aliphatic rings. The van der Waals surface area contributed by atoms with Crippen LogP contribution < -0.4 is 10.1 Å². The molecule has 7 heteroatoms. The van der Waals surface area contributed by atoms with Gasteiger partial charge in [0.2, 0.25) is 0 Å². The Bertz CT molecular complexity index is 945. The number of ether oxygens (including phenoxy) is 2. The molecule has 140 valence electrons. The lowest BCUT2D eigenvalue weighted by molar-refractivity contribution is -0.125. The molecule has 1 aromatic heterocycles. The van der Waals surface area contributed by atoms with E-state index in [1.165, 1.54) is 19.2 Å². The first-order chi connectivity index (χ1) is 13.0. The van der Waals surface area contributed by atoms with Gasteiger partial charge in [0.1, 0.15) is 16.9 Å². The van der Waals surface area contributed by atoms with Gasteiger partial charge in [0.15, 0.2) is 18.1 Å². The molecule has 3 rings (SSSR count). The van der Waals surface area contributed by atoms with Crippen LogP contribution in [0.4, 0.5) is 0 Å². The number of rotatable bonds is 6. The fourth-order valence-electron chi connectivity index (χ4n) is 2.63. The summed E-state index contributed by atoms with van der Waals surface area (Å²) in [6, 6.07) is 13.4. The molecule has 0 saturated carbocycles. The summed E-state index contributed by atoms with van der Waals surface area (Å²) in [4.78, 5) is 24.1. The Morgan fingerprint density at radius 2 is 1.96 bits per heavy atom. The van der Waals surface area contributed by atoms with E-state index in [9.17, 15) is 14.7 Å². The first-order valence-electron chi connectivity index (χ1n) is 8.30. The molecule has 0 bridgehead atoms. The Labute approximate surface area is 155 Å². The minimum atomic E-state index is -0.821. The number of hydrogen-bond acceptors (Lipinski definition) is 6. The molecule has 7 nitrogen and oxygen atoms in total. The van der Waals surface area contributed by atoms with Gasteiger partial charge in [0.25, 0.3) is 5.91 Å². The van der Waals surface area contributed by atoms with Crippen LogP contribution >= 0.6 is 0 Å². The smallest absolute Gasteiger partial charge is 0.342 e. The largest absolute Gasteiger partial charge is 0.504 e. The highest BCUT2D eigenvalue weighted by Gasteiger charge is 2.19. The third-order valence-electron chi connectivity index (χ3n) is 4.02. The van der Waals surface area contributed by atoms with Crippen LogP contribution in [0, 0.1) is 0 Å². The number of phenols is 1. The maximum absolute atomic E-state index is 12.1. The predicted molar refractivity (Wildman–Crippen MR) is 97.7 cm³/mol. The molecule has 1 unspecified atom stereocenters. The van der Waals surface area contributed by atoms with Crippen molar-refractivity contribution in [3.8, 4) is 11.5 Å². The molecule has 0 fully saturated rings. The standard InChI is InChI=1S/C20H19NO6/c1-12(17-10-13-6-3-4-8-15(13)27-17)21-18(22)11-26-20(24)14-7-5-9-16(25-2)19(14)23/h3-10,12,23H,11H2,1-2H3,(H,21,22). The van der Waals surface area contributed by atoms with Crippen LogP contribution in [-0.4, -0.2) is 30.7 Å². The van der Waals surface area contributed by atoms with Crippen molar-refractivity contribution in [2.75, 3.05) is 13.7 Å². The molecule has 2 aromatic carbocycles. The molecule has 2 N–H and O–H groups in total.